The summed E-state index contributed by atoms with van der Waals surface area (Å²) in [6.07, 6.45) is 0.671. The predicted octanol–water partition coefficient (Wildman–Crippen LogP) is 4.73. The lowest BCUT2D eigenvalue weighted by Gasteiger charge is -2.29. The molecule has 0 spiro atoms. The van der Waals surface area contributed by atoms with Gasteiger partial charge in [-0.1, -0.05) is 0 Å². The molecular weight excluding hydrogens is 563 g/mol. The van der Waals surface area contributed by atoms with E-state index in [0.717, 1.165) is 4.90 Å². The van der Waals surface area contributed by atoms with E-state index in [2.05, 4.69) is 25.9 Å². The molecule has 4 amide bonds. The summed E-state index contributed by atoms with van der Waals surface area (Å²) in [5.41, 5.74) is -0.0918. The molecule has 4 N–H and O–H groups in total. The number of hydrogen-bond donors (Lipinski definition) is 4. The van der Waals surface area contributed by atoms with Crippen molar-refractivity contribution < 1.29 is 38.1 Å². The molecule has 1 saturated heterocycles. The number of nitrogens with zero attached hydrogens (tertiary/aromatic N) is 3. The second kappa shape index (κ2) is 10.5. The lowest BCUT2D eigenvalue weighted by atomic mass is 9.96. The van der Waals surface area contributed by atoms with Crippen LogP contribution in [0.5, 0.6) is 5.88 Å². The van der Waals surface area contributed by atoms with Crippen molar-refractivity contribution >= 4 is 46.2 Å². The maximum atomic E-state index is 16.3. The highest BCUT2D eigenvalue weighted by Crippen LogP contribution is 2.44. The van der Waals surface area contributed by atoms with E-state index in [-0.39, 0.29) is 58.8 Å². The summed E-state index contributed by atoms with van der Waals surface area (Å²) in [5, 5.41) is 18.6. The standard InChI is InChI=1S/C29H31FN6O7/c1-13-16(9-32-25-24(13)36(28(39)40)5-6-42-25)15-7-14-8-20(33-26(37)34-22-18-11-41-12-19(18)22)31-10-17(14)23(21(15)30)35-27(38)43-29(2,3)4/h7-10,18-19,22H,5-6,11-12H2,1-4H3,(H,35,38)(H,39,40)(H2,31,33,34,37)/t18-,19+,22+. The first-order chi connectivity index (χ1) is 20.4. The number of hydrogen-bond acceptors (Lipinski definition) is 8. The molecule has 3 atom stereocenters. The number of anilines is 3. The van der Waals surface area contributed by atoms with E-state index in [0.29, 0.717) is 36.0 Å². The van der Waals surface area contributed by atoms with E-state index in [4.69, 9.17) is 14.2 Å². The van der Waals surface area contributed by atoms with E-state index in [9.17, 15) is 19.5 Å². The molecule has 1 saturated carbocycles. The Kier molecular flexibility index (Phi) is 6.95. The molecule has 1 aromatic carbocycles. The zero-order valence-corrected chi connectivity index (χ0v) is 24.0. The number of urea groups is 1. The fourth-order valence-corrected chi connectivity index (χ4v) is 5.62. The van der Waals surface area contributed by atoms with Crippen molar-refractivity contribution in [1.29, 1.82) is 0 Å². The molecule has 3 aliphatic rings. The van der Waals surface area contributed by atoms with Gasteiger partial charge in [-0.2, -0.15) is 0 Å². The summed E-state index contributed by atoms with van der Waals surface area (Å²) in [4.78, 5) is 47.0. The zero-order chi connectivity index (χ0) is 30.6. The third kappa shape index (κ3) is 5.45. The van der Waals surface area contributed by atoms with Crippen LogP contribution in [0.1, 0.15) is 26.3 Å². The van der Waals surface area contributed by atoms with E-state index in [1.54, 1.807) is 33.8 Å². The maximum absolute atomic E-state index is 16.3. The van der Waals surface area contributed by atoms with Crippen LogP contribution in [0.3, 0.4) is 0 Å². The lowest BCUT2D eigenvalue weighted by molar-refractivity contribution is 0.0635. The van der Waals surface area contributed by atoms with Crippen LogP contribution in [-0.2, 0) is 9.47 Å². The normalized spacial score (nSPS) is 20.5. The van der Waals surface area contributed by atoms with Gasteiger partial charge in [-0.05, 0) is 50.8 Å². The van der Waals surface area contributed by atoms with Crippen molar-refractivity contribution in [3.8, 4) is 17.0 Å². The third-order valence-corrected chi connectivity index (χ3v) is 7.70. The van der Waals surface area contributed by atoms with Gasteiger partial charge in [0.25, 0.3) is 0 Å². The van der Waals surface area contributed by atoms with Crippen molar-refractivity contribution in [2.75, 3.05) is 41.9 Å². The van der Waals surface area contributed by atoms with E-state index < -0.39 is 29.6 Å². The van der Waals surface area contributed by atoms with Crippen molar-refractivity contribution in [2.45, 2.75) is 39.3 Å². The Balaban J connectivity index is 1.41. The summed E-state index contributed by atoms with van der Waals surface area (Å²) >= 11 is 0. The first kappa shape index (κ1) is 28.4. The monoisotopic (exact) mass is 594 g/mol. The Morgan fingerprint density at radius 1 is 1.09 bits per heavy atom. The van der Waals surface area contributed by atoms with Gasteiger partial charge >= 0.3 is 18.2 Å². The van der Waals surface area contributed by atoms with Crippen molar-refractivity contribution in [3.05, 3.63) is 35.9 Å². The van der Waals surface area contributed by atoms with Gasteiger partial charge in [0.2, 0.25) is 5.88 Å². The molecule has 1 aliphatic carbocycles. The molecule has 2 aliphatic heterocycles. The summed E-state index contributed by atoms with van der Waals surface area (Å²) in [7, 11) is 0. The molecule has 0 bridgehead atoms. The molecule has 14 heteroatoms. The molecule has 226 valence electrons. The molecule has 2 fully saturated rings. The SMILES string of the molecule is Cc1c(-c2cc3cc(NC(=O)N[C@H]4[C@@H]5COC[C@@H]54)ncc3c(NC(=O)OC(C)(C)C)c2F)cnc2c1N(C(=O)O)CCO2. The average molecular weight is 595 g/mol. The minimum absolute atomic E-state index is 0.0367. The second-order valence-electron chi connectivity index (χ2n) is 11.8. The van der Waals surface area contributed by atoms with Gasteiger partial charge in [0.15, 0.2) is 5.82 Å². The number of carbonyl (C=O) groups excluding carboxylic acids is 2. The number of carboxylic acid groups (broad SMARTS) is 1. The highest BCUT2D eigenvalue weighted by molar-refractivity contribution is 6.05. The smallest absolute Gasteiger partial charge is 0.412 e. The number of halogens is 1. The van der Waals surface area contributed by atoms with Crippen LogP contribution in [0, 0.1) is 24.6 Å². The number of fused-ring (bicyclic) bond motifs is 3. The Bertz CT molecular complexity index is 1650. The Morgan fingerprint density at radius 2 is 1.84 bits per heavy atom. The quantitative estimate of drug-likeness (QED) is 0.334. The summed E-state index contributed by atoms with van der Waals surface area (Å²) in [6, 6.07) is 2.71. The molecule has 0 unspecified atom stereocenters. The topological polar surface area (TPSA) is 164 Å². The summed E-state index contributed by atoms with van der Waals surface area (Å²) < 4.78 is 32.6. The van der Waals surface area contributed by atoms with Gasteiger partial charge in [0.1, 0.15) is 23.7 Å². The summed E-state index contributed by atoms with van der Waals surface area (Å²) in [6.45, 7) is 8.15. The number of carbonyl (C=O) groups is 3. The van der Waals surface area contributed by atoms with Gasteiger partial charge < -0.3 is 24.6 Å². The zero-order valence-electron chi connectivity index (χ0n) is 24.0. The van der Waals surface area contributed by atoms with Crippen LogP contribution in [-0.4, -0.2) is 71.3 Å². The lowest BCUT2D eigenvalue weighted by Crippen LogP contribution is -2.37. The number of ether oxygens (including phenoxy) is 3. The minimum Gasteiger partial charge on any atom is -0.474 e. The average Bonchev–Trinajstić information content (AvgIpc) is 3.32. The van der Waals surface area contributed by atoms with E-state index >= 15 is 4.39 Å². The van der Waals surface area contributed by atoms with Crippen molar-refractivity contribution in [1.82, 2.24) is 15.3 Å². The van der Waals surface area contributed by atoms with Crippen LogP contribution in [0.25, 0.3) is 21.9 Å². The predicted molar refractivity (Wildman–Crippen MR) is 154 cm³/mol. The van der Waals surface area contributed by atoms with Gasteiger partial charge in [-0.15, -0.1) is 0 Å². The first-order valence-electron chi connectivity index (χ1n) is 13.8. The van der Waals surface area contributed by atoms with Crippen LogP contribution in [0.4, 0.5) is 36.0 Å². The first-order valence-corrected chi connectivity index (χ1v) is 13.8. The molecular formula is C29H31FN6O7. The number of aromatic nitrogens is 2. The van der Waals surface area contributed by atoms with Gasteiger partial charge in [0.05, 0.1) is 25.4 Å². The van der Waals surface area contributed by atoms with Crippen LogP contribution >= 0.6 is 0 Å². The Labute approximate surface area is 245 Å². The van der Waals surface area contributed by atoms with Gasteiger partial charge in [-0.3, -0.25) is 15.5 Å². The molecule has 2 aromatic heterocycles. The Hall–Kier alpha value is -4.72. The van der Waals surface area contributed by atoms with E-state index in [1.165, 1.54) is 18.5 Å². The summed E-state index contributed by atoms with van der Waals surface area (Å²) in [5.74, 6) is 0.163. The van der Waals surface area contributed by atoms with Crippen molar-refractivity contribution in [3.63, 3.8) is 0 Å². The number of rotatable bonds is 4. The highest BCUT2D eigenvalue weighted by Gasteiger charge is 2.54. The van der Waals surface area contributed by atoms with Gasteiger partial charge in [-0.25, -0.2) is 28.7 Å². The Morgan fingerprint density at radius 3 is 2.53 bits per heavy atom. The highest BCUT2D eigenvalue weighted by atomic mass is 19.1. The molecule has 3 aromatic rings. The number of nitrogens with one attached hydrogen (secondary N) is 3. The molecule has 6 rings (SSSR count). The third-order valence-electron chi connectivity index (χ3n) is 7.70. The molecule has 0 radical (unpaired) electrons. The van der Waals surface area contributed by atoms with Crippen LogP contribution < -0.4 is 25.6 Å². The molecule has 4 heterocycles. The van der Waals surface area contributed by atoms with E-state index in [1.807, 2.05) is 0 Å². The largest absolute Gasteiger partial charge is 0.474 e. The molecule has 13 nitrogen and oxygen atoms in total. The maximum Gasteiger partial charge on any atom is 0.412 e. The van der Waals surface area contributed by atoms with Crippen LogP contribution in [0.15, 0.2) is 24.5 Å². The fourth-order valence-electron chi connectivity index (χ4n) is 5.62. The minimum atomic E-state index is -1.19. The molecule has 43 heavy (non-hydrogen) atoms. The van der Waals surface area contributed by atoms with Crippen LogP contribution in [0.2, 0.25) is 0 Å². The fraction of sp³-hybridized carbons (Fsp3) is 0.414. The number of pyridine rings is 2. The van der Waals surface area contributed by atoms with Crippen molar-refractivity contribution in [2.24, 2.45) is 11.8 Å². The number of amides is 4. The number of benzene rings is 1. The van der Waals surface area contributed by atoms with Gasteiger partial charge in [0, 0.05) is 46.8 Å². The second-order valence-corrected chi connectivity index (χ2v) is 11.8.